The Bertz CT molecular complexity index is 447. The minimum absolute atomic E-state index is 0.0223. The van der Waals surface area contributed by atoms with Crippen LogP contribution in [0.3, 0.4) is 0 Å². The van der Waals surface area contributed by atoms with Gasteiger partial charge in [-0.1, -0.05) is 11.3 Å². The number of fused-ring (bicyclic) bond motifs is 1. The van der Waals surface area contributed by atoms with Gasteiger partial charge in [0.25, 0.3) is 0 Å². The van der Waals surface area contributed by atoms with E-state index in [1.54, 1.807) is 11.6 Å². The fraction of sp³-hybridized carbons (Fsp3) is 0.625. The van der Waals surface area contributed by atoms with Gasteiger partial charge in [-0.3, -0.25) is 0 Å². The van der Waals surface area contributed by atoms with Crippen molar-refractivity contribution in [2.24, 2.45) is 5.73 Å². The molecule has 0 bridgehead atoms. The number of hydrogen-bond donors (Lipinski definition) is 1. The smallest absolute Gasteiger partial charge is 0.234 e. The van der Waals surface area contributed by atoms with Crippen molar-refractivity contribution in [2.45, 2.75) is 19.4 Å². The second-order valence-electron chi connectivity index (χ2n) is 3.23. The molecule has 0 amide bonds. The number of methoxy groups -OCH3 is 1. The van der Waals surface area contributed by atoms with E-state index in [-0.39, 0.29) is 6.10 Å². The Balaban J connectivity index is 2.21. The summed E-state index contributed by atoms with van der Waals surface area (Å²) in [5, 5.41) is 13.3. The third kappa shape index (κ3) is 1.99. The van der Waals surface area contributed by atoms with E-state index < -0.39 is 0 Å². The number of hydrogen-bond acceptors (Lipinski definition) is 6. The molecular formula is C8H13N5OS. The maximum absolute atomic E-state index is 5.55. The highest BCUT2D eigenvalue weighted by Crippen LogP contribution is 2.15. The molecular weight excluding hydrogens is 214 g/mol. The van der Waals surface area contributed by atoms with Gasteiger partial charge in [0.1, 0.15) is 5.01 Å². The lowest BCUT2D eigenvalue weighted by atomic mass is 10.3. The predicted octanol–water partition coefficient (Wildman–Crippen LogP) is 0.0104. The first-order valence-electron chi connectivity index (χ1n) is 4.65. The lowest BCUT2D eigenvalue weighted by Crippen LogP contribution is -2.24. The lowest BCUT2D eigenvalue weighted by molar-refractivity contribution is 0.110. The van der Waals surface area contributed by atoms with Crippen LogP contribution < -0.4 is 5.73 Å². The molecule has 0 spiro atoms. The van der Waals surface area contributed by atoms with Gasteiger partial charge in [0, 0.05) is 20.1 Å². The van der Waals surface area contributed by atoms with E-state index in [1.165, 1.54) is 11.3 Å². The minimum Gasteiger partial charge on any atom is -0.380 e. The van der Waals surface area contributed by atoms with Crippen molar-refractivity contribution in [3.8, 4) is 0 Å². The van der Waals surface area contributed by atoms with Crippen molar-refractivity contribution in [3.05, 3.63) is 10.8 Å². The molecule has 7 heteroatoms. The van der Waals surface area contributed by atoms with Crippen LogP contribution in [-0.4, -0.2) is 39.6 Å². The van der Waals surface area contributed by atoms with E-state index in [2.05, 4.69) is 15.3 Å². The van der Waals surface area contributed by atoms with E-state index >= 15 is 0 Å². The molecule has 0 fully saturated rings. The fourth-order valence-corrected chi connectivity index (χ4v) is 2.24. The summed E-state index contributed by atoms with van der Waals surface area (Å²) in [6, 6.07) is 0. The Labute approximate surface area is 91.1 Å². The molecule has 82 valence electrons. The molecule has 2 aromatic heterocycles. The van der Waals surface area contributed by atoms with Gasteiger partial charge in [0.05, 0.1) is 6.10 Å². The molecule has 1 atom stereocenters. The van der Waals surface area contributed by atoms with Crippen LogP contribution in [0.4, 0.5) is 0 Å². The highest BCUT2D eigenvalue weighted by atomic mass is 32.1. The first kappa shape index (κ1) is 10.5. The van der Waals surface area contributed by atoms with Crippen molar-refractivity contribution >= 4 is 16.3 Å². The average molecular weight is 227 g/mol. The monoisotopic (exact) mass is 227 g/mol. The minimum atomic E-state index is 0.0223. The molecule has 6 nitrogen and oxygen atoms in total. The molecule has 2 aromatic rings. The zero-order chi connectivity index (χ0) is 10.8. The highest BCUT2D eigenvalue weighted by molar-refractivity contribution is 7.16. The van der Waals surface area contributed by atoms with Gasteiger partial charge in [0.2, 0.25) is 4.96 Å². The fourth-order valence-electron chi connectivity index (χ4n) is 1.29. The molecule has 2 heterocycles. The summed E-state index contributed by atoms with van der Waals surface area (Å²) >= 11 is 1.52. The number of ether oxygens (including phenoxy) is 1. The lowest BCUT2D eigenvalue weighted by Gasteiger charge is -2.09. The van der Waals surface area contributed by atoms with Crippen LogP contribution in [0.15, 0.2) is 0 Å². The van der Waals surface area contributed by atoms with Crippen LogP contribution in [-0.2, 0) is 11.2 Å². The van der Waals surface area contributed by atoms with E-state index in [0.29, 0.717) is 6.54 Å². The van der Waals surface area contributed by atoms with Gasteiger partial charge in [-0.2, -0.15) is 9.61 Å². The van der Waals surface area contributed by atoms with Crippen molar-refractivity contribution in [3.63, 3.8) is 0 Å². The number of nitrogens with zero attached hydrogens (tertiary/aromatic N) is 4. The molecule has 0 radical (unpaired) electrons. The van der Waals surface area contributed by atoms with E-state index in [0.717, 1.165) is 22.2 Å². The Kier molecular flexibility index (Phi) is 2.94. The quantitative estimate of drug-likeness (QED) is 0.796. The number of aromatic nitrogens is 4. The van der Waals surface area contributed by atoms with Gasteiger partial charge in [-0.05, 0) is 6.92 Å². The summed E-state index contributed by atoms with van der Waals surface area (Å²) in [4.78, 5) is 0.814. The van der Waals surface area contributed by atoms with Gasteiger partial charge < -0.3 is 10.5 Å². The Hall–Kier alpha value is -1.05. The second-order valence-corrected chi connectivity index (χ2v) is 4.28. The zero-order valence-corrected chi connectivity index (χ0v) is 9.49. The number of aryl methyl sites for hydroxylation is 1. The topological polar surface area (TPSA) is 78.3 Å². The average Bonchev–Trinajstić information content (AvgIpc) is 2.78. The predicted molar refractivity (Wildman–Crippen MR) is 57.0 cm³/mol. The van der Waals surface area contributed by atoms with Crippen LogP contribution in [0.1, 0.15) is 10.8 Å². The van der Waals surface area contributed by atoms with Crippen LogP contribution in [0.25, 0.3) is 4.96 Å². The SMILES string of the molecule is COC(CN)Cc1nn2c(C)nnc2s1. The Morgan fingerprint density at radius 2 is 2.33 bits per heavy atom. The third-order valence-electron chi connectivity index (χ3n) is 2.19. The van der Waals surface area contributed by atoms with Gasteiger partial charge in [0.15, 0.2) is 5.82 Å². The molecule has 0 aliphatic rings. The largest absolute Gasteiger partial charge is 0.380 e. The molecule has 1 unspecified atom stereocenters. The summed E-state index contributed by atoms with van der Waals surface area (Å²) in [5.41, 5.74) is 5.55. The number of rotatable bonds is 4. The van der Waals surface area contributed by atoms with E-state index in [4.69, 9.17) is 10.5 Å². The molecule has 2 rings (SSSR count). The summed E-state index contributed by atoms with van der Waals surface area (Å²) < 4.78 is 6.94. The number of nitrogens with two attached hydrogens (primary N) is 1. The molecule has 0 aromatic carbocycles. The van der Waals surface area contributed by atoms with Crippen molar-refractivity contribution in [1.29, 1.82) is 0 Å². The highest BCUT2D eigenvalue weighted by Gasteiger charge is 2.12. The van der Waals surface area contributed by atoms with E-state index in [9.17, 15) is 0 Å². The van der Waals surface area contributed by atoms with Crippen LogP contribution >= 0.6 is 11.3 Å². The Morgan fingerprint density at radius 1 is 1.53 bits per heavy atom. The zero-order valence-electron chi connectivity index (χ0n) is 8.67. The van der Waals surface area contributed by atoms with Crippen molar-refractivity contribution < 1.29 is 4.74 Å². The summed E-state index contributed by atoms with van der Waals surface area (Å²) in [6.07, 6.45) is 0.745. The van der Waals surface area contributed by atoms with Gasteiger partial charge >= 0.3 is 0 Å². The molecule has 0 saturated heterocycles. The standard InChI is InChI=1S/C8H13N5OS/c1-5-10-11-8-13(5)12-7(15-8)3-6(4-9)14-2/h6H,3-4,9H2,1-2H3. The molecule has 15 heavy (non-hydrogen) atoms. The summed E-state index contributed by atoms with van der Waals surface area (Å²) in [7, 11) is 1.66. The van der Waals surface area contributed by atoms with Gasteiger partial charge in [-0.25, -0.2) is 0 Å². The first-order valence-corrected chi connectivity index (χ1v) is 5.47. The van der Waals surface area contributed by atoms with Crippen molar-refractivity contribution in [2.75, 3.05) is 13.7 Å². The van der Waals surface area contributed by atoms with Crippen LogP contribution in [0.2, 0.25) is 0 Å². The molecule has 2 N–H and O–H groups in total. The normalized spacial score (nSPS) is 13.5. The molecule has 0 saturated carbocycles. The second kappa shape index (κ2) is 4.21. The Morgan fingerprint density at radius 3 is 2.93 bits per heavy atom. The van der Waals surface area contributed by atoms with Gasteiger partial charge in [-0.15, -0.1) is 10.2 Å². The first-order chi connectivity index (χ1) is 7.24. The maximum Gasteiger partial charge on any atom is 0.234 e. The summed E-state index contributed by atoms with van der Waals surface area (Å²) in [5.74, 6) is 0.800. The molecule has 0 aliphatic carbocycles. The van der Waals surface area contributed by atoms with Crippen LogP contribution in [0.5, 0.6) is 0 Å². The van der Waals surface area contributed by atoms with Crippen LogP contribution in [0, 0.1) is 6.92 Å². The third-order valence-corrected chi connectivity index (χ3v) is 3.11. The van der Waals surface area contributed by atoms with Crippen molar-refractivity contribution in [1.82, 2.24) is 19.8 Å². The molecule has 0 aliphatic heterocycles. The summed E-state index contributed by atoms with van der Waals surface area (Å²) in [6.45, 7) is 2.37. The maximum atomic E-state index is 5.55. The van der Waals surface area contributed by atoms with E-state index in [1.807, 2.05) is 6.92 Å².